The molecule has 1 aliphatic heterocycles. The van der Waals surface area contributed by atoms with Gasteiger partial charge in [-0.3, -0.25) is 0 Å². The van der Waals surface area contributed by atoms with Gasteiger partial charge in [0.15, 0.2) is 0 Å². The van der Waals surface area contributed by atoms with E-state index in [9.17, 15) is 5.11 Å². The van der Waals surface area contributed by atoms with Crippen LogP contribution in [0.25, 0.3) is 0 Å². The molecule has 94 valence electrons. The van der Waals surface area contributed by atoms with Gasteiger partial charge in [-0.1, -0.05) is 30.3 Å². The molecule has 1 saturated heterocycles. The van der Waals surface area contributed by atoms with Crippen molar-refractivity contribution in [1.29, 1.82) is 0 Å². The standard InChI is InChI=1S/C14H22N2O/c15-12-14(17)7-10-16(11-8-14)9-6-13-4-2-1-3-5-13/h1-5,17H,6-12,15H2. The summed E-state index contributed by atoms with van der Waals surface area (Å²) in [5, 5.41) is 10.0. The van der Waals surface area contributed by atoms with Gasteiger partial charge in [0, 0.05) is 26.2 Å². The summed E-state index contributed by atoms with van der Waals surface area (Å²) in [4.78, 5) is 2.41. The second kappa shape index (κ2) is 5.63. The van der Waals surface area contributed by atoms with Crippen LogP contribution < -0.4 is 5.73 Å². The molecule has 2 rings (SSSR count). The lowest BCUT2D eigenvalue weighted by Gasteiger charge is -2.37. The number of aliphatic hydroxyl groups is 1. The van der Waals surface area contributed by atoms with Gasteiger partial charge in [-0.2, -0.15) is 0 Å². The number of benzene rings is 1. The average molecular weight is 234 g/mol. The fourth-order valence-corrected chi connectivity index (χ4v) is 2.33. The molecule has 1 fully saturated rings. The fourth-order valence-electron chi connectivity index (χ4n) is 2.33. The van der Waals surface area contributed by atoms with Gasteiger partial charge in [0.1, 0.15) is 0 Å². The van der Waals surface area contributed by atoms with Crippen LogP contribution in [-0.4, -0.2) is 41.8 Å². The number of rotatable bonds is 4. The SMILES string of the molecule is NCC1(O)CCN(CCc2ccccc2)CC1. The Bertz CT molecular complexity index is 331. The molecule has 0 aromatic heterocycles. The lowest BCUT2D eigenvalue weighted by Crippen LogP contribution is -2.49. The maximum Gasteiger partial charge on any atom is 0.0793 e. The smallest absolute Gasteiger partial charge is 0.0793 e. The molecular weight excluding hydrogens is 212 g/mol. The second-order valence-corrected chi connectivity index (χ2v) is 5.01. The summed E-state index contributed by atoms with van der Waals surface area (Å²) >= 11 is 0. The first-order chi connectivity index (χ1) is 8.22. The molecule has 0 spiro atoms. The van der Waals surface area contributed by atoms with Crippen LogP contribution >= 0.6 is 0 Å². The molecular formula is C14H22N2O. The molecule has 0 radical (unpaired) electrons. The minimum Gasteiger partial charge on any atom is -0.388 e. The van der Waals surface area contributed by atoms with Crippen molar-refractivity contribution < 1.29 is 5.11 Å². The van der Waals surface area contributed by atoms with Crippen LogP contribution in [0.1, 0.15) is 18.4 Å². The Morgan fingerprint density at radius 2 is 1.82 bits per heavy atom. The van der Waals surface area contributed by atoms with Gasteiger partial charge in [-0.25, -0.2) is 0 Å². The van der Waals surface area contributed by atoms with Crippen LogP contribution in [-0.2, 0) is 6.42 Å². The summed E-state index contributed by atoms with van der Waals surface area (Å²) in [5.41, 5.74) is 6.35. The van der Waals surface area contributed by atoms with E-state index in [1.54, 1.807) is 0 Å². The number of likely N-dealkylation sites (tertiary alicyclic amines) is 1. The maximum atomic E-state index is 10.0. The zero-order valence-corrected chi connectivity index (χ0v) is 10.3. The summed E-state index contributed by atoms with van der Waals surface area (Å²) in [6, 6.07) is 10.5. The molecule has 1 aromatic rings. The molecule has 0 unspecified atom stereocenters. The van der Waals surface area contributed by atoms with Crippen molar-refractivity contribution in [2.45, 2.75) is 24.9 Å². The molecule has 3 nitrogen and oxygen atoms in total. The van der Waals surface area contributed by atoms with Crippen LogP contribution in [0.15, 0.2) is 30.3 Å². The highest BCUT2D eigenvalue weighted by Gasteiger charge is 2.30. The molecule has 17 heavy (non-hydrogen) atoms. The van der Waals surface area contributed by atoms with E-state index in [1.165, 1.54) is 5.56 Å². The maximum absolute atomic E-state index is 10.0. The van der Waals surface area contributed by atoms with Crippen molar-refractivity contribution >= 4 is 0 Å². The third-order valence-electron chi connectivity index (χ3n) is 3.73. The molecule has 1 aromatic carbocycles. The van der Waals surface area contributed by atoms with E-state index in [0.717, 1.165) is 38.9 Å². The van der Waals surface area contributed by atoms with E-state index in [-0.39, 0.29) is 0 Å². The van der Waals surface area contributed by atoms with Crippen LogP contribution in [0.2, 0.25) is 0 Å². The van der Waals surface area contributed by atoms with Crippen molar-refractivity contribution in [2.24, 2.45) is 5.73 Å². The zero-order valence-electron chi connectivity index (χ0n) is 10.3. The summed E-state index contributed by atoms with van der Waals surface area (Å²) in [6.07, 6.45) is 2.69. The molecule has 0 amide bonds. The Kier molecular flexibility index (Phi) is 4.15. The lowest BCUT2D eigenvalue weighted by atomic mass is 9.91. The molecule has 1 heterocycles. The molecule has 0 bridgehead atoms. The van der Waals surface area contributed by atoms with Crippen molar-refractivity contribution in [2.75, 3.05) is 26.2 Å². The zero-order chi connectivity index (χ0) is 12.1. The number of nitrogens with two attached hydrogens (primary N) is 1. The van der Waals surface area contributed by atoms with E-state index in [0.29, 0.717) is 6.54 Å². The number of piperidine rings is 1. The highest BCUT2D eigenvalue weighted by Crippen LogP contribution is 2.20. The minimum atomic E-state index is -0.608. The van der Waals surface area contributed by atoms with Gasteiger partial charge in [0.25, 0.3) is 0 Å². The molecule has 0 saturated carbocycles. The van der Waals surface area contributed by atoms with Crippen molar-refractivity contribution in [3.8, 4) is 0 Å². The van der Waals surface area contributed by atoms with Crippen LogP contribution in [0, 0.1) is 0 Å². The molecule has 0 aliphatic carbocycles. The normalized spacial score (nSPS) is 20.4. The Hall–Kier alpha value is -0.900. The van der Waals surface area contributed by atoms with Crippen molar-refractivity contribution in [1.82, 2.24) is 4.90 Å². The van der Waals surface area contributed by atoms with Crippen molar-refractivity contribution in [3.63, 3.8) is 0 Å². The van der Waals surface area contributed by atoms with Gasteiger partial charge in [0.2, 0.25) is 0 Å². The third-order valence-corrected chi connectivity index (χ3v) is 3.73. The van der Waals surface area contributed by atoms with Gasteiger partial charge >= 0.3 is 0 Å². The van der Waals surface area contributed by atoms with Gasteiger partial charge in [-0.05, 0) is 24.8 Å². The monoisotopic (exact) mass is 234 g/mol. The van der Waals surface area contributed by atoms with Crippen LogP contribution in [0.4, 0.5) is 0 Å². The van der Waals surface area contributed by atoms with Crippen LogP contribution in [0.5, 0.6) is 0 Å². The molecule has 3 heteroatoms. The largest absolute Gasteiger partial charge is 0.388 e. The second-order valence-electron chi connectivity index (χ2n) is 5.01. The summed E-state index contributed by atoms with van der Waals surface area (Å²) in [7, 11) is 0. The average Bonchev–Trinajstić information content (AvgIpc) is 2.39. The summed E-state index contributed by atoms with van der Waals surface area (Å²) in [6.45, 7) is 3.38. The van der Waals surface area contributed by atoms with Crippen molar-refractivity contribution in [3.05, 3.63) is 35.9 Å². The van der Waals surface area contributed by atoms with Gasteiger partial charge in [0.05, 0.1) is 5.60 Å². The van der Waals surface area contributed by atoms with E-state index in [4.69, 9.17) is 5.73 Å². The topological polar surface area (TPSA) is 49.5 Å². The van der Waals surface area contributed by atoms with Gasteiger partial charge in [-0.15, -0.1) is 0 Å². The number of nitrogens with zero attached hydrogens (tertiary/aromatic N) is 1. The van der Waals surface area contributed by atoms with E-state index in [1.807, 2.05) is 6.07 Å². The predicted molar refractivity (Wildman–Crippen MR) is 69.8 cm³/mol. The summed E-state index contributed by atoms with van der Waals surface area (Å²) in [5.74, 6) is 0. The molecule has 1 aliphatic rings. The summed E-state index contributed by atoms with van der Waals surface area (Å²) < 4.78 is 0. The Balaban J connectivity index is 1.75. The highest BCUT2D eigenvalue weighted by atomic mass is 16.3. The first-order valence-electron chi connectivity index (χ1n) is 6.41. The Morgan fingerprint density at radius 1 is 1.18 bits per heavy atom. The van der Waals surface area contributed by atoms with Gasteiger partial charge < -0.3 is 15.7 Å². The number of hydrogen-bond acceptors (Lipinski definition) is 3. The van der Waals surface area contributed by atoms with E-state index in [2.05, 4.69) is 29.2 Å². The third kappa shape index (κ3) is 3.53. The lowest BCUT2D eigenvalue weighted by molar-refractivity contribution is -0.0130. The van der Waals surface area contributed by atoms with E-state index >= 15 is 0 Å². The Labute approximate surface area is 103 Å². The molecule has 3 N–H and O–H groups in total. The molecule has 0 atom stereocenters. The van der Waals surface area contributed by atoms with Crippen LogP contribution in [0.3, 0.4) is 0 Å². The highest BCUT2D eigenvalue weighted by molar-refractivity contribution is 5.14. The van der Waals surface area contributed by atoms with E-state index < -0.39 is 5.60 Å². The first kappa shape index (κ1) is 12.6. The predicted octanol–water partition coefficient (Wildman–Crippen LogP) is 1.01. The quantitative estimate of drug-likeness (QED) is 0.817. The first-order valence-corrected chi connectivity index (χ1v) is 6.41. The number of hydrogen-bond donors (Lipinski definition) is 2. The minimum absolute atomic E-state index is 0.388. The Morgan fingerprint density at radius 3 is 2.41 bits per heavy atom. The fraction of sp³-hybridized carbons (Fsp3) is 0.571.